The van der Waals surface area contributed by atoms with Crippen LogP contribution in [-0.4, -0.2) is 32.8 Å². The van der Waals surface area contributed by atoms with Gasteiger partial charge in [0, 0.05) is 29.2 Å². The Hall–Kier alpha value is -2.67. The van der Waals surface area contributed by atoms with E-state index in [2.05, 4.69) is 43.7 Å². The molecule has 4 aromatic rings. The summed E-state index contributed by atoms with van der Waals surface area (Å²) in [6.07, 6.45) is 4.31. The highest BCUT2D eigenvalue weighted by atomic mass is 35.5. The normalized spacial score (nSPS) is 11.4. The topological polar surface area (TPSA) is 92.5 Å². The number of anilines is 1. The first-order valence-electron chi connectivity index (χ1n) is 8.99. The van der Waals surface area contributed by atoms with Gasteiger partial charge in [0.15, 0.2) is 0 Å². The van der Waals surface area contributed by atoms with Crippen LogP contribution in [0.1, 0.15) is 11.3 Å². The van der Waals surface area contributed by atoms with Crippen molar-refractivity contribution >= 4 is 41.5 Å². The molecular formula is C21H24Cl2N6. The molecule has 0 bridgehead atoms. The fourth-order valence-electron chi connectivity index (χ4n) is 3.11. The zero-order valence-corrected chi connectivity index (χ0v) is 17.6. The Bertz CT molecular complexity index is 1050. The van der Waals surface area contributed by atoms with E-state index in [1.807, 2.05) is 37.3 Å². The number of hydrogen-bond acceptors (Lipinski definition) is 5. The highest BCUT2D eigenvalue weighted by Gasteiger charge is 2.08. The molecule has 4 N–H and O–H groups in total. The first-order valence-corrected chi connectivity index (χ1v) is 8.99. The Balaban J connectivity index is 0.00000150. The fraction of sp³-hybridized carbons (Fsp3) is 0.190. The number of aromatic nitrogens is 4. The first-order chi connectivity index (χ1) is 13.2. The number of hydrogen-bond donors (Lipinski definition) is 3. The number of halogens is 2. The van der Waals surface area contributed by atoms with E-state index in [0.717, 1.165) is 40.1 Å². The Morgan fingerprint density at radius 3 is 2.66 bits per heavy atom. The van der Waals surface area contributed by atoms with E-state index in [-0.39, 0.29) is 30.9 Å². The van der Waals surface area contributed by atoms with Gasteiger partial charge in [0.05, 0.1) is 23.6 Å². The maximum absolute atomic E-state index is 6.25. The lowest BCUT2D eigenvalue weighted by atomic mass is 10.1. The summed E-state index contributed by atoms with van der Waals surface area (Å²) in [7, 11) is 0. The van der Waals surface area contributed by atoms with Gasteiger partial charge in [0.2, 0.25) is 0 Å². The summed E-state index contributed by atoms with van der Waals surface area (Å²) < 4.78 is 0. The quantitative estimate of drug-likeness (QED) is 0.427. The van der Waals surface area contributed by atoms with Crippen LogP contribution < -0.4 is 11.1 Å². The second-order valence-corrected chi connectivity index (χ2v) is 6.70. The minimum atomic E-state index is 0. The van der Waals surface area contributed by atoms with Gasteiger partial charge in [-0.2, -0.15) is 5.10 Å². The van der Waals surface area contributed by atoms with Crippen molar-refractivity contribution in [1.82, 2.24) is 20.2 Å². The van der Waals surface area contributed by atoms with Crippen LogP contribution in [0.15, 0.2) is 60.9 Å². The fourth-order valence-corrected chi connectivity index (χ4v) is 3.11. The maximum Gasteiger partial charge on any atom is 0.145 e. The SMILES string of the molecule is Cc1[nH]nc2ccc(-c3cncc(NC[C@@H](N)Cc4ccccc4)n3)cc12.Cl.Cl. The summed E-state index contributed by atoms with van der Waals surface area (Å²) in [4.78, 5) is 9.01. The summed E-state index contributed by atoms with van der Waals surface area (Å²) in [5.41, 5.74) is 11.3. The second-order valence-electron chi connectivity index (χ2n) is 6.70. The minimum absolute atomic E-state index is 0. The van der Waals surface area contributed by atoms with Crippen molar-refractivity contribution in [3.05, 3.63) is 72.2 Å². The summed E-state index contributed by atoms with van der Waals surface area (Å²) in [5, 5.41) is 11.7. The van der Waals surface area contributed by atoms with E-state index >= 15 is 0 Å². The number of benzene rings is 2. The van der Waals surface area contributed by atoms with Gasteiger partial charge >= 0.3 is 0 Å². The number of aryl methyl sites for hydroxylation is 1. The molecule has 0 aliphatic carbocycles. The molecule has 0 saturated heterocycles. The molecule has 0 radical (unpaired) electrons. The van der Waals surface area contributed by atoms with E-state index in [1.54, 1.807) is 12.4 Å². The second kappa shape index (κ2) is 10.2. The van der Waals surface area contributed by atoms with E-state index in [4.69, 9.17) is 5.73 Å². The van der Waals surface area contributed by atoms with Crippen molar-refractivity contribution < 1.29 is 0 Å². The molecule has 0 saturated carbocycles. The van der Waals surface area contributed by atoms with Gasteiger partial charge in [-0.1, -0.05) is 36.4 Å². The summed E-state index contributed by atoms with van der Waals surface area (Å²) in [5.74, 6) is 0.722. The molecule has 2 aromatic heterocycles. The lowest BCUT2D eigenvalue weighted by Gasteiger charge is -2.13. The van der Waals surface area contributed by atoms with E-state index in [9.17, 15) is 0 Å². The zero-order valence-electron chi connectivity index (χ0n) is 16.0. The number of H-pyrrole nitrogens is 1. The maximum atomic E-state index is 6.25. The average molecular weight is 431 g/mol. The van der Waals surface area contributed by atoms with Crippen molar-refractivity contribution in [1.29, 1.82) is 0 Å². The van der Waals surface area contributed by atoms with Crippen molar-refractivity contribution in [2.45, 2.75) is 19.4 Å². The van der Waals surface area contributed by atoms with Gasteiger partial charge < -0.3 is 11.1 Å². The highest BCUT2D eigenvalue weighted by Crippen LogP contribution is 2.24. The Labute approximate surface area is 182 Å². The molecule has 29 heavy (non-hydrogen) atoms. The molecule has 0 amide bonds. The molecule has 8 heteroatoms. The molecule has 152 valence electrons. The van der Waals surface area contributed by atoms with Gasteiger partial charge in [-0.25, -0.2) is 4.98 Å². The third-order valence-corrected chi connectivity index (χ3v) is 4.56. The molecule has 2 aromatic carbocycles. The van der Waals surface area contributed by atoms with Gasteiger partial charge in [-0.3, -0.25) is 10.1 Å². The predicted octanol–water partition coefficient (Wildman–Crippen LogP) is 4.15. The average Bonchev–Trinajstić information content (AvgIpc) is 3.08. The van der Waals surface area contributed by atoms with Crippen LogP contribution in [0.25, 0.3) is 22.2 Å². The van der Waals surface area contributed by atoms with Crippen LogP contribution in [0.3, 0.4) is 0 Å². The van der Waals surface area contributed by atoms with Crippen molar-refractivity contribution in [3.63, 3.8) is 0 Å². The van der Waals surface area contributed by atoms with Gasteiger partial charge in [0.25, 0.3) is 0 Å². The van der Waals surface area contributed by atoms with Gasteiger partial charge in [-0.15, -0.1) is 24.8 Å². The molecule has 0 aliphatic rings. The van der Waals surface area contributed by atoms with E-state index in [1.165, 1.54) is 5.56 Å². The van der Waals surface area contributed by atoms with Crippen LogP contribution in [0, 0.1) is 6.92 Å². The van der Waals surface area contributed by atoms with Crippen LogP contribution in [-0.2, 0) is 6.42 Å². The number of fused-ring (bicyclic) bond motifs is 1. The van der Waals surface area contributed by atoms with Crippen LogP contribution in [0.4, 0.5) is 5.82 Å². The molecule has 0 fully saturated rings. The molecule has 6 nitrogen and oxygen atoms in total. The largest absolute Gasteiger partial charge is 0.367 e. The highest BCUT2D eigenvalue weighted by molar-refractivity contribution is 5.86. The molecule has 0 spiro atoms. The third kappa shape index (κ3) is 5.44. The number of nitrogens with two attached hydrogens (primary N) is 1. The Morgan fingerprint density at radius 1 is 1.07 bits per heavy atom. The van der Waals surface area contributed by atoms with Gasteiger partial charge in [-0.05, 0) is 31.0 Å². The lowest BCUT2D eigenvalue weighted by Crippen LogP contribution is -2.31. The van der Waals surface area contributed by atoms with Crippen molar-refractivity contribution in [3.8, 4) is 11.3 Å². The smallest absolute Gasteiger partial charge is 0.145 e. The van der Waals surface area contributed by atoms with Crippen molar-refractivity contribution in [2.24, 2.45) is 5.73 Å². The molecular weight excluding hydrogens is 407 g/mol. The Morgan fingerprint density at radius 2 is 1.86 bits per heavy atom. The Kier molecular flexibility index (Phi) is 7.96. The number of aromatic amines is 1. The number of nitrogens with zero attached hydrogens (tertiary/aromatic N) is 3. The molecule has 2 heterocycles. The van der Waals surface area contributed by atoms with Crippen molar-refractivity contribution in [2.75, 3.05) is 11.9 Å². The summed E-state index contributed by atoms with van der Waals surface area (Å²) in [6, 6.07) is 16.3. The zero-order chi connectivity index (χ0) is 18.6. The van der Waals surface area contributed by atoms with Crippen LogP contribution in [0.2, 0.25) is 0 Å². The monoisotopic (exact) mass is 430 g/mol. The van der Waals surface area contributed by atoms with Crippen LogP contribution >= 0.6 is 24.8 Å². The number of rotatable bonds is 6. The molecule has 0 aliphatic heterocycles. The van der Waals surface area contributed by atoms with E-state index < -0.39 is 0 Å². The van der Waals surface area contributed by atoms with E-state index in [0.29, 0.717) is 6.54 Å². The molecule has 4 rings (SSSR count). The van der Waals surface area contributed by atoms with Gasteiger partial charge in [0.1, 0.15) is 5.82 Å². The predicted molar refractivity (Wildman–Crippen MR) is 123 cm³/mol. The summed E-state index contributed by atoms with van der Waals surface area (Å²) >= 11 is 0. The standard InChI is InChI=1S/C21H22N6.2ClH/c1-14-18-10-16(7-8-19(18)27-26-14)20-12-23-13-21(25-20)24-11-17(22)9-15-5-3-2-4-6-15;;/h2-8,10,12-13,17H,9,11,22H2,1H3,(H,24,25)(H,26,27);2*1H/t17-;;/m0../s1. The summed E-state index contributed by atoms with van der Waals surface area (Å²) in [6.45, 7) is 2.64. The van der Waals surface area contributed by atoms with Crippen LogP contribution in [0.5, 0.6) is 0 Å². The minimum Gasteiger partial charge on any atom is -0.367 e. The first kappa shape index (κ1) is 22.6. The molecule has 1 atom stereocenters. The number of nitrogens with one attached hydrogen (secondary N) is 2. The lowest BCUT2D eigenvalue weighted by molar-refractivity contribution is 0.697. The molecule has 0 unspecified atom stereocenters. The third-order valence-electron chi connectivity index (χ3n) is 4.56.